The maximum atomic E-state index is 12.9. The van der Waals surface area contributed by atoms with E-state index in [1.165, 1.54) is 23.5 Å². The molecule has 0 radical (unpaired) electrons. The zero-order valence-corrected chi connectivity index (χ0v) is 13.0. The molecular formula is C13H12BrF3N2S. The highest BCUT2D eigenvalue weighted by atomic mass is 79.9. The van der Waals surface area contributed by atoms with E-state index in [-0.39, 0.29) is 12.2 Å². The van der Waals surface area contributed by atoms with Gasteiger partial charge in [0.15, 0.2) is 0 Å². The van der Waals surface area contributed by atoms with E-state index in [9.17, 15) is 13.2 Å². The molecule has 20 heavy (non-hydrogen) atoms. The van der Waals surface area contributed by atoms with E-state index in [4.69, 9.17) is 0 Å². The van der Waals surface area contributed by atoms with Crippen LogP contribution in [0.5, 0.6) is 0 Å². The van der Waals surface area contributed by atoms with Crippen LogP contribution in [0.3, 0.4) is 0 Å². The van der Waals surface area contributed by atoms with Gasteiger partial charge in [-0.25, -0.2) is 4.98 Å². The molecule has 0 spiro atoms. The number of aryl methyl sites for hydroxylation is 1. The molecule has 1 aromatic heterocycles. The van der Waals surface area contributed by atoms with Crippen LogP contribution in [-0.4, -0.2) is 4.98 Å². The summed E-state index contributed by atoms with van der Waals surface area (Å²) in [5, 5.41) is 3.59. The minimum atomic E-state index is -4.37. The normalized spacial score (nSPS) is 11.7. The second-order valence-corrected chi connectivity index (χ2v) is 6.23. The summed E-state index contributed by atoms with van der Waals surface area (Å²) in [4.78, 5) is 5.30. The lowest BCUT2D eigenvalue weighted by atomic mass is 10.1. The van der Waals surface area contributed by atoms with Gasteiger partial charge in [-0.15, -0.1) is 11.3 Å². The number of hydrogen-bond acceptors (Lipinski definition) is 3. The molecule has 0 saturated carbocycles. The highest BCUT2D eigenvalue weighted by Gasteiger charge is 2.33. The third kappa shape index (κ3) is 3.73. The highest BCUT2D eigenvalue weighted by Crippen LogP contribution is 2.36. The molecule has 2 aromatic rings. The van der Waals surface area contributed by atoms with Gasteiger partial charge in [0.25, 0.3) is 0 Å². The average Bonchev–Trinajstić information content (AvgIpc) is 2.83. The van der Waals surface area contributed by atoms with Gasteiger partial charge in [0, 0.05) is 21.2 Å². The molecule has 1 N–H and O–H groups in total. The number of anilines is 1. The maximum Gasteiger partial charge on any atom is 0.418 e. The Morgan fingerprint density at radius 1 is 1.35 bits per heavy atom. The molecule has 0 saturated heterocycles. The van der Waals surface area contributed by atoms with E-state index in [0.29, 0.717) is 4.47 Å². The van der Waals surface area contributed by atoms with Crippen LogP contribution in [0, 0.1) is 0 Å². The summed E-state index contributed by atoms with van der Waals surface area (Å²) in [6.07, 6.45) is -1.74. The lowest BCUT2D eigenvalue weighted by molar-refractivity contribution is -0.137. The van der Waals surface area contributed by atoms with Crippen LogP contribution >= 0.6 is 27.3 Å². The first kappa shape index (κ1) is 15.3. The zero-order valence-electron chi connectivity index (χ0n) is 10.6. The van der Waals surface area contributed by atoms with Crippen molar-refractivity contribution in [2.24, 2.45) is 0 Å². The minimum Gasteiger partial charge on any atom is -0.378 e. The van der Waals surface area contributed by atoms with E-state index in [1.807, 2.05) is 6.92 Å². The number of hydrogen-bond donors (Lipinski definition) is 1. The van der Waals surface area contributed by atoms with Gasteiger partial charge in [0.2, 0.25) is 0 Å². The van der Waals surface area contributed by atoms with E-state index in [0.717, 1.165) is 22.4 Å². The molecule has 108 valence electrons. The molecule has 2 rings (SSSR count). The third-order valence-electron chi connectivity index (χ3n) is 2.67. The van der Waals surface area contributed by atoms with Crippen LogP contribution in [0.25, 0.3) is 0 Å². The number of aromatic nitrogens is 1. The van der Waals surface area contributed by atoms with Crippen molar-refractivity contribution in [3.8, 4) is 0 Å². The quantitative estimate of drug-likeness (QED) is 0.816. The summed E-state index contributed by atoms with van der Waals surface area (Å²) >= 11 is 4.69. The van der Waals surface area contributed by atoms with Gasteiger partial charge in [0.1, 0.15) is 5.01 Å². The second kappa shape index (κ2) is 6.13. The first-order valence-electron chi connectivity index (χ1n) is 5.94. The second-order valence-electron chi connectivity index (χ2n) is 4.12. The molecule has 0 unspecified atom stereocenters. The maximum absolute atomic E-state index is 12.9. The molecule has 0 amide bonds. The largest absolute Gasteiger partial charge is 0.418 e. The fourth-order valence-corrected chi connectivity index (χ4v) is 2.84. The van der Waals surface area contributed by atoms with Crippen molar-refractivity contribution in [1.82, 2.24) is 4.98 Å². The molecule has 0 aliphatic rings. The van der Waals surface area contributed by atoms with Gasteiger partial charge in [-0.05, 0) is 24.6 Å². The Balaban J connectivity index is 2.18. The Hall–Kier alpha value is -1.08. The van der Waals surface area contributed by atoms with E-state index in [1.54, 1.807) is 6.20 Å². The topological polar surface area (TPSA) is 24.9 Å². The predicted molar refractivity (Wildman–Crippen MR) is 78.0 cm³/mol. The first-order valence-corrected chi connectivity index (χ1v) is 7.55. The van der Waals surface area contributed by atoms with Crippen LogP contribution in [0.1, 0.15) is 22.4 Å². The number of benzene rings is 1. The number of thiazole rings is 1. The lowest BCUT2D eigenvalue weighted by Gasteiger charge is -2.14. The Kier molecular flexibility index (Phi) is 4.70. The molecular weight excluding hydrogens is 353 g/mol. The van der Waals surface area contributed by atoms with Crippen molar-refractivity contribution in [2.75, 3.05) is 5.32 Å². The smallest absolute Gasteiger partial charge is 0.378 e. The Labute approximate surface area is 127 Å². The monoisotopic (exact) mass is 364 g/mol. The molecule has 0 fully saturated rings. The summed E-state index contributed by atoms with van der Waals surface area (Å²) in [5.74, 6) is 0. The van der Waals surface area contributed by atoms with E-state index in [2.05, 4.69) is 26.2 Å². The fourth-order valence-electron chi connectivity index (χ4n) is 1.67. The van der Waals surface area contributed by atoms with Gasteiger partial charge in [0.05, 0.1) is 12.1 Å². The van der Waals surface area contributed by atoms with E-state index < -0.39 is 11.7 Å². The SMILES string of the molecule is CCc1cnc(CNc2cc(Br)ccc2C(F)(F)F)s1. The Morgan fingerprint density at radius 3 is 2.70 bits per heavy atom. The summed E-state index contributed by atoms with van der Waals surface area (Å²) in [6, 6.07) is 3.87. The molecule has 7 heteroatoms. The van der Waals surface area contributed by atoms with Gasteiger partial charge < -0.3 is 5.32 Å². The van der Waals surface area contributed by atoms with Crippen molar-refractivity contribution in [3.63, 3.8) is 0 Å². The molecule has 0 aliphatic heterocycles. The van der Waals surface area contributed by atoms with Gasteiger partial charge in [-0.3, -0.25) is 0 Å². The van der Waals surface area contributed by atoms with Gasteiger partial charge in [-0.2, -0.15) is 13.2 Å². The van der Waals surface area contributed by atoms with E-state index >= 15 is 0 Å². The predicted octanol–water partition coefficient (Wildman–Crippen LogP) is 5.10. The van der Waals surface area contributed by atoms with Crippen LogP contribution in [0.2, 0.25) is 0 Å². The Bertz CT molecular complexity index is 596. The first-order chi connectivity index (χ1) is 9.40. The van der Waals surface area contributed by atoms with Crippen LogP contribution in [0.15, 0.2) is 28.9 Å². The Morgan fingerprint density at radius 2 is 2.10 bits per heavy atom. The van der Waals surface area contributed by atoms with Crippen LogP contribution in [-0.2, 0) is 19.1 Å². The number of nitrogens with zero attached hydrogens (tertiary/aromatic N) is 1. The number of halogens is 4. The molecule has 1 aromatic carbocycles. The average molecular weight is 365 g/mol. The summed E-state index contributed by atoms with van der Waals surface area (Å²) in [6.45, 7) is 2.30. The number of nitrogens with one attached hydrogen (secondary N) is 1. The van der Waals surface area contributed by atoms with Crippen LogP contribution in [0.4, 0.5) is 18.9 Å². The third-order valence-corrected chi connectivity index (χ3v) is 4.30. The van der Waals surface area contributed by atoms with Crippen molar-refractivity contribution >= 4 is 33.0 Å². The number of alkyl halides is 3. The van der Waals surface area contributed by atoms with Crippen molar-refractivity contribution in [2.45, 2.75) is 26.1 Å². The number of rotatable bonds is 4. The molecule has 0 atom stereocenters. The fraction of sp³-hybridized carbons (Fsp3) is 0.308. The van der Waals surface area contributed by atoms with Crippen molar-refractivity contribution in [1.29, 1.82) is 0 Å². The van der Waals surface area contributed by atoms with Crippen molar-refractivity contribution < 1.29 is 13.2 Å². The van der Waals surface area contributed by atoms with Crippen LogP contribution < -0.4 is 5.32 Å². The lowest BCUT2D eigenvalue weighted by Crippen LogP contribution is -2.10. The standard InChI is InChI=1S/C13H12BrF3N2S/c1-2-9-6-19-12(20-9)7-18-11-5-8(14)3-4-10(11)13(15,16)17/h3-6,18H,2,7H2,1H3. The minimum absolute atomic E-state index is 0.0557. The zero-order chi connectivity index (χ0) is 14.8. The molecule has 0 bridgehead atoms. The molecule has 2 nitrogen and oxygen atoms in total. The highest BCUT2D eigenvalue weighted by molar-refractivity contribution is 9.10. The summed E-state index contributed by atoms with van der Waals surface area (Å²) in [7, 11) is 0. The van der Waals surface area contributed by atoms with Gasteiger partial charge in [-0.1, -0.05) is 22.9 Å². The van der Waals surface area contributed by atoms with Gasteiger partial charge >= 0.3 is 6.18 Å². The molecule has 0 aliphatic carbocycles. The summed E-state index contributed by atoms with van der Waals surface area (Å²) < 4.78 is 39.3. The summed E-state index contributed by atoms with van der Waals surface area (Å²) in [5.41, 5.74) is -0.618. The molecule has 1 heterocycles. The van der Waals surface area contributed by atoms with Crippen molar-refractivity contribution in [3.05, 3.63) is 44.3 Å².